The zero-order valence-electron chi connectivity index (χ0n) is 12.7. The molecule has 1 heterocycles. The summed E-state index contributed by atoms with van der Waals surface area (Å²) in [4.78, 5) is 27.8. The van der Waals surface area contributed by atoms with Crippen LogP contribution in [-0.4, -0.2) is 23.3 Å². The molecule has 0 radical (unpaired) electrons. The van der Waals surface area contributed by atoms with Gasteiger partial charge in [0, 0.05) is 11.8 Å². The molecule has 2 rings (SSSR count). The van der Waals surface area contributed by atoms with E-state index in [2.05, 4.69) is 15.6 Å². The number of nitrogens with zero attached hydrogens (tertiary/aromatic N) is 1. The topological polar surface area (TPSA) is 71.1 Å². The molecule has 5 nitrogen and oxygen atoms in total. The number of aryl methyl sites for hydroxylation is 2. The van der Waals surface area contributed by atoms with Gasteiger partial charge in [0.15, 0.2) is 0 Å². The lowest BCUT2D eigenvalue weighted by Gasteiger charge is -2.07. The van der Waals surface area contributed by atoms with E-state index in [0.717, 1.165) is 16.8 Å². The number of hydrogen-bond donors (Lipinski definition) is 2. The fourth-order valence-corrected chi connectivity index (χ4v) is 1.91. The van der Waals surface area contributed by atoms with Crippen molar-refractivity contribution in [1.29, 1.82) is 0 Å². The summed E-state index contributed by atoms with van der Waals surface area (Å²) < 4.78 is 0. The minimum absolute atomic E-state index is 0.0570. The van der Waals surface area contributed by atoms with Gasteiger partial charge in [0.05, 0.1) is 18.8 Å². The second-order valence-corrected chi connectivity index (χ2v) is 5.15. The Bertz CT molecular complexity index is 666. The Morgan fingerprint density at radius 1 is 1.00 bits per heavy atom. The van der Waals surface area contributed by atoms with Crippen LogP contribution in [0.5, 0.6) is 0 Å². The summed E-state index contributed by atoms with van der Waals surface area (Å²) in [6.07, 6.45) is 1.70. The molecule has 0 spiro atoms. The monoisotopic (exact) mass is 297 g/mol. The average Bonchev–Trinajstić information content (AvgIpc) is 2.51. The van der Waals surface area contributed by atoms with Gasteiger partial charge < -0.3 is 10.6 Å². The molecule has 0 aliphatic heterocycles. The Hall–Kier alpha value is -2.69. The molecular formula is C17H19N3O2. The van der Waals surface area contributed by atoms with Gasteiger partial charge in [-0.3, -0.25) is 14.6 Å². The van der Waals surface area contributed by atoms with Crippen LogP contribution in [0.1, 0.15) is 27.2 Å². The van der Waals surface area contributed by atoms with Gasteiger partial charge in [-0.1, -0.05) is 17.7 Å². The Morgan fingerprint density at radius 2 is 1.73 bits per heavy atom. The van der Waals surface area contributed by atoms with Crippen LogP contribution in [0.4, 0.5) is 0 Å². The molecule has 0 bridgehead atoms. The molecule has 22 heavy (non-hydrogen) atoms. The summed E-state index contributed by atoms with van der Waals surface area (Å²) in [5, 5.41) is 5.32. The fourth-order valence-electron chi connectivity index (χ4n) is 1.91. The molecule has 0 saturated carbocycles. The third-order valence-corrected chi connectivity index (χ3v) is 3.16. The third-order valence-electron chi connectivity index (χ3n) is 3.16. The number of carbonyl (C=O) groups excluding carboxylic acids is 2. The molecule has 2 N–H and O–H groups in total. The van der Waals surface area contributed by atoms with Crippen molar-refractivity contribution in [3.05, 3.63) is 65.0 Å². The number of benzene rings is 1. The summed E-state index contributed by atoms with van der Waals surface area (Å²) >= 11 is 0. The Labute approximate surface area is 129 Å². The summed E-state index contributed by atoms with van der Waals surface area (Å²) in [5.74, 6) is -0.507. The van der Waals surface area contributed by atoms with Gasteiger partial charge >= 0.3 is 0 Å². The number of carbonyl (C=O) groups is 2. The number of rotatable bonds is 5. The Kier molecular flexibility index (Phi) is 5.25. The lowest BCUT2D eigenvalue weighted by molar-refractivity contribution is -0.120. The van der Waals surface area contributed by atoms with Crippen molar-refractivity contribution in [1.82, 2.24) is 15.6 Å². The highest BCUT2D eigenvalue weighted by Crippen LogP contribution is 2.02. The maximum atomic E-state index is 11.9. The predicted molar refractivity (Wildman–Crippen MR) is 84.3 cm³/mol. The highest BCUT2D eigenvalue weighted by Gasteiger charge is 2.07. The van der Waals surface area contributed by atoms with Crippen molar-refractivity contribution in [2.75, 3.05) is 6.54 Å². The first-order chi connectivity index (χ1) is 10.5. The molecular weight excluding hydrogens is 278 g/mol. The van der Waals surface area contributed by atoms with Crippen LogP contribution in [0.3, 0.4) is 0 Å². The van der Waals surface area contributed by atoms with E-state index in [1.165, 1.54) is 0 Å². The molecule has 0 aliphatic rings. The van der Waals surface area contributed by atoms with Crippen molar-refractivity contribution >= 4 is 11.8 Å². The van der Waals surface area contributed by atoms with E-state index in [1.807, 2.05) is 38.1 Å². The second kappa shape index (κ2) is 7.36. The highest BCUT2D eigenvalue weighted by molar-refractivity contribution is 5.96. The van der Waals surface area contributed by atoms with Crippen molar-refractivity contribution in [2.24, 2.45) is 0 Å². The quantitative estimate of drug-likeness (QED) is 0.883. The zero-order valence-corrected chi connectivity index (χ0v) is 12.7. The van der Waals surface area contributed by atoms with Crippen LogP contribution in [0.15, 0.2) is 42.6 Å². The van der Waals surface area contributed by atoms with E-state index in [-0.39, 0.29) is 18.4 Å². The summed E-state index contributed by atoms with van der Waals surface area (Å²) in [7, 11) is 0. The molecule has 114 valence electrons. The summed E-state index contributed by atoms with van der Waals surface area (Å²) in [6.45, 7) is 4.21. The first-order valence-electron chi connectivity index (χ1n) is 7.07. The number of aromatic nitrogens is 1. The lowest BCUT2D eigenvalue weighted by Crippen LogP contribution is -2.36. The Balaban J connectivity index is 1.78. The lowest BCUT2D eigenvalue weighted by atomic mass is 10.1. The summed E-state index contributed by atoms with van der Waals surface area (Å²) in [6, 6.07) is 11.0. The van der Waals surface area contributed by atoms with Gasteiger partial charge in [-0.25, -0.2) is 0 Å². The molecule has 2 aromatic rings. The molecule has 2 amide bonds. The van der Waals surface area contributed by atoms with Gasteiger partial charge in [0.1, 0.15) is 0 Å². The highest BCUT2D eigenvalue weighted by atomic mass is 16.2. The van der Waals surface area contributed by atoms with Gasteiger partial charge in [-0.2, -0.15) is 0 Å². The minimum Gasteiger partial charge on any atom is -0.349 e. The molecule has 0 unspecified atom stereocenters. The van der Waals surface area contributed by atoms with E-state index in [0.29, 0.717) is 12.1 Å². The summed E-state index contributed by atoms with van der Waals surface area (Å²) in [5.41, 5.74) is 3.50. The van der Waals surface area contributed by atoms with E-state index in [4.69, 9.17) is 0 Å². The molecule has 0 fully saturated rings. The fraction of sp³-hybridized carbons (Fsp3) is 0.235. The third kappa shape index (κ3) is 4.70. The Morgan fingerprint density at radius 3 is 2.41 bits per heavy atom. The largest absolute Gasteiger partial charge is 0.349 e. The van der Waals surface area contributed by atoms with Crippen LogP contribution in [0.25, 0.3) is 0 Å². The molecule has 0 saturated heterocycles. The normalized spacial score (nSPS) is 10.1. The van der Waals surface area contributed by atoms with Crippen LogP contribution in [-0.2, 0) is 11.3 Å². The number of pyridine rings is 1. The van der Waals surface area contributed by atoms with E-state index >= 15 is 0 Å². The van der Waals surface area contributed by atoms with E-state index in [9.17, 15) is 9.59 Å². The second-order valence-electron chi connectivity index (χ2n) is 5.15. The van der Waals surface area contributed by atoms with Gasteiger partial charge in [-0.15, -0.1) is 0 Å². The van der Waals surface area contributed by atoms with Crippen LogP contribution in [0, 0.1) is 13.8 Å². The SMILES string of the molecule is Cc1ccc(C(=O)NCC(=O)NCc2cc(C)ccn2)cc1. The maximum Gasteiger partial charge on any atom is 0.251 e. The smallest absolute Gasteiger partial charge is 0.251 e. The average molecular weight is 297 g/mol. The molecule has 5 heteroatoms. The van der Waals surface area contributed by atoms with Crippen molar-refractivity contribution < 1.29 is 9.59 Å². The number of nitrogens with one attached hydrogen (secondary N) is 2. The molecule has 0 aliphatic carbocycles. The minimum atomic E-state index is -0.260. The molecule has 1 aromatic heterocycles. The van der Waals surface area contributed by atoms with Crippen LogP contribution >= 0.6 is 0 Å². The predicted octanol–water partition coefficient (Wildman–Crippen LogP) is 1.74. The van der Waals surface area contributed by atoms with Crippen molar-refractivity contribution in [2.45, 2.75) is 20.4 Å². The van der Waals surface area contributed by atoms with E-state index < -0.39 is 0 Å². The number of amides is 2. The van der Waals surface area contributed by atoms with Gasteiger partial charge in [0.2, 0.25) is 5.91 Å². The first kappa shape index (κ1) is 15.7. The van der Waals surface area contributed by atoms with Gasteiger partial charge in [0.25, 0.3) is 5.91 Å². The van der Waals surface area contributed by atoms with Crippen LogP contribution in [0.2, 0.25) is 0 Å². The van der Waals surface area contributed by atoms with Crippen molar-refractivity contribution in [3.63, 3.8) is 0 Å². The van der Waals surface area contributed by atoms with E-state index in [1.54, 1.807) is 18.3 Å². The first-order valence-corrected chi connectivity index (χ1v) is 7.07. The molecule has 1 aromatic carbocycles. The maximum absolute atomic E-state index is 11.9. The van der Waals surface area contributed by atoms with Crippen LogP contribution < -0.4 is 10.6 Å². The zero-order chi connectivity index (χ0) is 15.9. The standard InChI is InChI=1S/C17H19N3O2/c1-12-3-5-14(6-4-12)17(22)20-11-16(21)19-10-15-9-13(2)7-8-18-15/h3-9H,10-11H2,1-2H3,(H,19,21)(H,20,22). The number of hydrogen-bond acceptors (Lipinski definition) is 3. The van der Waals surface area contributed by atoms with Crippen molar-refractivity contribution in [3.8, 4) is 0 Å². The molecule has 0 atom stereocenters. The van der Waals surface area contributed by atoms with Gasteiger partial charge in [-0.05, 0) is 43.7 Å².